The quantitative estimate of drug-likeness (QED) is 0.783. The predicted octanol–water partition coefficient (Wildman–Crippen LogP) is 0.724. The molecular formula is C11H18F3N5O. The molecule has 1 fully saturated rings. The van der Waals surface area contributed by atoms with Gasteiger partial charge in [-0.2, -0.15) is 18.2 Å². The Kier molecular flexibility index (Phi) is 4.81. The summed E-state index contributed by atoms with van der Waals surface area (Å²) >= 11 is 0. The van der Waals surface area contributed by atoms with Crippen molar-refractivity contribution < 1.29 is 17.9 Å². The maximum Gasteiger partial charge on any atom is 0.411 e. The number of hydrogen-bond donors (Lipinski definition) is 2. The van der Waals surface area contributed by atoms with E-state index >= 15 is 0 Å². The van der Waals surface area contributed by atoms with E-state index in [4.69, 9.17) is 0 Å². The maximum atomic E-state index is 11.9. The molecule has 0 aromatic carbocycles. The molecule has 6 nitrogen and oxygen atoms in total. The molecule has 0 unspecified atom stereocenters. The number of halogens is 3. The van der Waals surface area contributed by atoms with Crippen molar-refractivity contribution in [3.05, 3.63) is 5.82 Å². The van der Waals surface area contributed by atoms with Gasteiger partial charge in [-0.15, -0.1) is 5.10 Å². The van der Waals surface area contributed by atoms with Crippen LogP contribution in [0.4, 0.5) is 19.1 Å². The minimum Gasteiger partial charge on any atom is -0.372 e. The van der Waals surface area contributed by atoms with Gasteiger partial charge in [-0.25, -0.2) is 0 Å². The second kappa shape index (κ2) is 6.40. The molecule has 0 bridgehead atoms. The summed E-state index contributed by atoms with van der Waals surface area (Å²) in [6.07, 6.45) is -4.01. The third-order valence-corrected chi connectivity index (χ3v) is 2.92. The first kappa shape index (κ1) is 15.0. The monoisotopic (exact) mass is 293 g/mol. The molecule has 20 heavy (non-hydrogen) atoms. The first-order valence-electron chi connectivity index (χ1n) is 6.48. The second-order valence-corrected chi connectivity index (χ2v) is 4.80. The van der Waals surface area contributed by atoms with Crippen LogP contribution in [-0.4, -0.2) is 60.2 Å². The van der Waals surface area contributed by atoms with Crippen LogP contribution in [0.1, 0.15) is 12.7 Å². The largest absolute Gasteiger partial charge is 0.411 e. The summed E-state index contributed by atoms with van der Waals surface area (Å²) in [5.74, 6) is 1.12. The number of anilines is 1. The number of aromatic amines is 1. The SMILES string of the molecule is C[C@H]1CN(c2n[nH]c(CCOCC(F)(F)F)n2)CCN1. The molecule has 0 aliphatic carbocycles. The molecule has 1 aliphatic heterocycles. The van der Waals surface area contributed by atoms with Crippen molar-refractivity contribution in [2.75, 3.05) is 37.7 Å². The number of ether oxygens (including phenoxy) is 1. The lowest BCUT2D eigenvalue weighted by Crippen LogP contribution is -2.49. The van der Waals surface area contributed by atoms with Crippen LogP contribution in [0.2, 0.25) is 0 Å². The summed E-state index contributed by atoms with van der Waals surface area (Å²) < 4.78 is 40.2. The number of alkyl halides is 3. The van der Waals surface area contributed by atoms with Crippen molar-refractivity contribution in [3.63, 3.8) is 0 Å². The van der Waals surface area contributed by atoms with E-state index in [0.717, 1.165) is 19.6 Å². The van der Waals surface area contributed by atoms with E-state index in [1.54, 1.807) is 0 Å². The maximum absolute atomic E-state index is 11.9. The van der Waals surface area contributed by atoms with Gasteiger partial charge in [0.1, 0.15) is 12.4 Å². The number of rotatable bonds is 5. The van der Waals surface area contributed by atoms with Gasteiger partial charge in [0, 0.05) is 32.1 Å². The summed E-state index contributed by atoms with van der Waals surface area (Å²) in [6, 6.07) is 0.362. The highest BCUT2D eigenvalue weighted by atomic mass is 19.4. The molecule has 0 spiro atoms. The van der Waals surface area contributed by atoms with Gasteiger partial charge in [0.15, 0.2) is 0 Å². The van der Waals surface area contributed by atoms with Gasteiger partial charge in [-0.3, -0.25) is 5.10 Å². The van der Waals surface area contributed by atoms with Gasteiger partial charge in [-0.1, -0.05) is 0 Å². The highest BCUT2D eigenvalue weighted by Crippen LogP contribution is 2.14. The van der Waals surface area contributed by atoms with Gasteiger partial charge >= 0.3 is 6.18 Å². The minimum absolute atomic E-state index is 0.0356. The lowest BCUT2D eigenvalue weighted by atomic mass is 10.2. The van der Waals surface area contributed by atoms with Crippen molar-refractivity contribution in [2.24, 2.45) is 0 Å². The molecule has 2 heterocycles. The highest BCUT2D eigenvalue weighted by Gasteiger charge is 2.27. The number of nitrogens with one attached hydrogen (secondary N) is 2. The van der Waals surface area contributed by atoms with E-state index in [-0.39, 0.29) is 13.0 Å². The van der Waals surface area contributed by atoms with E-state index < -0.39 is 12.8 Å². The molecule has 114 valence electrons. The highest BCUT2D eigenvalue weighted by molar-refractivity contribution is 5.30. The fourth-order valence-electron chi connectivity index (χ4n) is 2.01. The fraction of sp³-hybridized carbons (Fsp3) is 0.818. The standard InChI is InChI=1S/C11H18F3N5O/c1-8-6-19(4-3-15-8)10-16-9(17-18-10)2-5-20-7-11(12,13)14/h8,15H,2-7H2,1H3,(H,16,17,18)/t8-/m0/s1. The third-order valence-electron chi connectivity index (χ3n) is 2.92. The van der Waals surface area contributed by atoms with Crippen LogP contribution in [0.15, 0.2) is 0 Å². The van der Waals surface area contributed by atoms with Crippen molar-refractivity contribution >= 4 is 5.95 Å². The Morgan fingerprint density at radius 1 is 1.45 bits per heavy atom. The van der Waals surface area contributed by atoms with Crippen molar-refractivity contribution in [2.45, 2.75) is 25.6 Å². The zero-order valence-electron chi connectivity index (χ0n) is 11.2. The van der Waals surface area contributed by atoms with Gasteiger partial charge in [0.05, 0.1) is 6.61 Å². The van der Waals surface area contributed by atoms with Crippen LogP contribution in [0.25, 0.3) is 0 Å². The summed E-state index contributed by atoms with van der Waals surface area (Å²) in [5.41, 5.74) is 0. The zero-order chi connectivity index (χ0) is 14.6. The molecule has 1 aromatic heterocycles. The molecule has 0 saturated carbocycles. The van der Waals surface area contributed by atoms with Crippen LogP contribution >= 0.6 is 0 Å². The fourth-order valence-corrected chi connectivity index (χ4v) is 2.01. The van der Waals surface area contributed by atoms with E-state index in [1.807, 2.05) is 4.90 Å². The minimum atomic E-state index is -4.29. The molecule has 2 rings (SSSR count). The number of hydrogen-bond acceptors (Lipinski definition) is 5. The average Bonchev–Trinajstić information content (AvgIpc) is 2.82. The Hall–Kier alpha value is -1.35. The number of aromatic nitrogens is 3. The first-order chi connectivity index (χ1) is 9.44. The summed E-state index contributed by atoms with van der Waals surface area (Å²) in [4.78, 5) is 6.31. The van der Waals surface area contributed by atoms with Crippen LogP contribution in [-0.2, 0) is 11.2 Å². The van der Waals surface area contributed by atoms with Gasteiger partial charge in [0.25, 0.3) is 0 Å². The Morgan fingerprint density at radius 3 is 2.95 bits per heavy atom. The summed E-state index contributed by atoms with van der Waals surface area (Å²) in [5, 5.41) is 10.1. The van der Waals surface area contributed by atoms with E-state index in [0.29, 0.717) is 17.8 Å². The van der Waals surface area contributed by atoms with E-state index in [9.17, 15) is 13.2 Å². The Morgan fingerprint density at radius 2 is 2.25 bits per heavy atom. The average molecular weight is 293 g/mol. The lowest BCUT2D eigenvalue weighted by molar-refractivity contribution is -0.173. The first-order valence-corrected chi connectivity index (χ1v) is 6.48. The van der Waals surface area contributed by atoms with E-state index in [1.165, 1.54) is 0 Å². The van der Waals surface area contributed by atoms with Gasteiger partial charge in [0.2, 0.25) is 5.95 Å². The van der Waals surface area contributed by atoms with Gasteiger partial charge < -0.3 is 15.0 Å². The predicted molar refractivity (Wildman–Crippen MR) is 66.6 cm³/mol. The molecule has 1 aliphatic rings. The Bertz CT molecular complexity index is 422. The second-order valence-electron chi connectivity index (χ2n) is 4.80. The number of piperazine rings is 1. The van der Waals surface area contributed by atoms with Crippen molar-refractivity contribution in [1.29, 1.82) is 0 Å². The van der Waals surface area contributed by atoms with Crippen molar-refractivity contribution in [3.8, 4) is 0 Å². The van der Waals surface area contributed by atoms with Crippen LogP contribution in [0.3, 0.4) is 0 Å². The molecule has 0 amide bonds. The van der Waals surface area contributed by atoms with Crippen LogP contribution in [0.5, 0.6) is 0 Å². The van der Waals surface area contributed by atoms with Crippen LogP contribution < -0.4 is 10.2 Å². The molecule has 0 radical (unpaired) electrons. The molecular weight excluding hydrogens is 275 g/mol. The molecule has 1 saturated heterocycles. The number of nitrogens with zero attached hydrogens (tertiary/aromatic N) is 3. The number of H-pyrrole nitrogens is 1. The normalized spacial score (nSPS) is 20.4. The summed E-state index contributed by atoms with van der Waals surface area (Å²) in [6.45, 7) is 3.29. The molecule has 1 aromatic rings. The topological polar surface area (TPSA) is 66.1 Å². The zero-order valence-corrected chi connectivity index (χ0v) is 11.2. The smallest absolute Gasteiger partial charge is 0.372 e. The molecule has 1 atom stereocenters. The summed E-state index contributed by atoms with van der Waals surface area (Å²) in [7, 11) is 0. The molecule has 9 heteroatoms. The van der Waals surface area contributed by atoms with Gasteiger partial charge in [-0.05, 0) is 6.92 Å². The Balaban J connectivity index is 1.77. The van der Waals surface area contributed by atoms with Crippen LogP contribution in [0, 0.1) is 0 Å². The third kappa shape index (κ3) is 4.64. The lowest BCUT2D eigenvalue weighted by Gasteiger charge is -2.30. The van der Waals surface area contributed by atoms with E-state index in [2.05, 4.69) is 32.2 Å². The molecule has 2 N–H and O–H groups in total. The van der Waals surface area contributed by atoms with Crippen molar-refractivity contribution in [1.82, 2.24) is 20.5 Å². The Labute approximate surface area is 114 Å².